The van der Waals surface area contributed by atoms with Crippen molar-refractivity contribution in [1.29, 1.82) is 0 Å². The van der Waals surface area contributed by atoms with Gasteiger partial charge >= 0.3 is 0 Å². The van der Waals surface area contributed by atoms with Gasteiger partial charge in [-0.2, -0.15) is 5.10 Å². The van der Waals surface area contributed by atoms with Crippen molar-refractivity contribution in [3.8, 4) is 0 Å². The van der Waals surface area contributed by atoms with Gasteiger partial charge in [0.25, 0.3) is 0 Å². The number of nitrogens with two attached hydrogens (primary N) is 1. The van der Waals surface area contributed by atoms with Gasteiger partial charge in [0.2, 0.25) is 0 Å². The minimum Gasteiger partial charge on any atom is -0.330 e. The minimum atomic E-state index is 0.0604. The highest BCUT2D eigenvalue weighted by atomic mass is 16.1. The van der Waals surface area contributed by atoms with Crippen LogP contribution in [0.5, 0.6) is 0 Å². The third kappa shape index (κ3) is 3.43. The number of rotatable bonds is 6. The van der Waals surface area contributed by atoms with Gasteiger partial charge in [0.15, 0.2) is 0 Å². The molecular formula is C10H18N4O. The number of nitrogens with zero attached hydrogens (tertiary/aromatic N) is 3. The molecule has 0 aliphatic rings. The van der Waals surface area contributed by atoms with Gasteiger partial charge in [0.1, 0.15) is 17.9 Å². The fraction of sp³-hybridized carbons (Fsp3) is 0.700. The molecule has 1 heterocycles. The number of ketones is 1. The fourth-order valence-electron chi connectivity index (χ4n) is 1.40. The van der Waals surface area contributed by atoms with Crippen molar-refractivity contribution in [2.24, 2.45) is 18.7 Å². The largest absolute Gasteiger partial charge is 0.330 e. The zero-order valence-electron chi connectivity index (χ0n) is 9.31. The SMILES string of the molecule is CC(CCCN)C(=O)Cc1ncnn1C. The Kier molecular flexibility index (Phi) is 4.42. The van der Waals surface area contributed by atoms with Gasteiger partial charge in [-0.1, -0.05) is 6.92 Å². The molecule has 0 saturated carbocycles. The number of aromatic nitrogens is 3. The lowest BCUT2D eigenvalue weighted by atomic mass is 9.98. The third-order valence-electron chi connectivity index (χ3n) is 2.53. The molecule has 0 fully saturated rings. The van der Waals surface area contributed by atoms with E-state index >= 15 is 0 Å². The smallest absolute Gasteiger partial charge is 0.143 e. The Balaban J connectivity index is 2.45. The lowest BCUT2D eigenvalue weighted by molar-refractivity contribution is -0.122. The average molecular weight is 210 g/mol. The van der Waals surface area contributed by atoms with Crippen LogP contribution < -0.4 is 5.73 Å². The van der Waals surface area contributed by atoms with Crippen LogP contribution in [0.4, 0.5) is 0 Å². The highest BCUT2D eigenvalue weighted by molar-refractivity contribution is 5.82. The van der Waals surface area contributed by atoms with E-state index in [1.54, 1.807) is 11.7 Å². The van der Waals surface area contributed by atoms with E-state index in [2.05, 4.69) is 10.1 Å². The first-order chi connectivity index (χ1) is 7.15. The summed E-state index contributed by atoms with van der Waals surface area (Å²) in [7, 11) is 1.79. The summed E-state index contributed by atoms with van der Waals surface area (Å²) in [6.07, 6.45) is 3.58. The Hall–Kier alpha value is -1.23. The van der Waals surface area contributed by atoms with Gasteiger partial charge in [0, 0.05) is 13.0 Å². The molecule has 0 bridgehead atoms. The molecule has 1 rings (SSSR count). The first-order valence-corrected chi connectivity index (χ1v) is 5.20. The van der Waals surface area contributed by atoms with Crippen LogP contribution in [0.2, 0.25) is 0 Å². The molecule has 84 valence electrons. The van der Waals surface area contributed by atoms with E-state index in [0.29, 0.717) is 13.0 Å². The van der Waals surface area contributed by atoms with Crippen molar-refractivity contribution >= 4 is 5.78 Å². The minimum absolute atomic E-state index is 0.0604. The second-order valence-corrected chi connectivity index (χ2v) is 3.77. The van der Waals surface area contributed by atoms with Crippen LogP contribution in [0.25, 0.3) is 0 Å². The summed E-state index contributed by atoms with van der Waals surface area (Å²) in [5.41, 5.74) is 5.40. The Labute approximate surface area is 89.7 Å². The van der Waals surface area contributed by atoms with Crippen LogP contribution in [0.15, 0.2) is 6.33 Å². The Bertz CT molecular complexity index is 321. The van der Waals surface area contributed by atoms with Gasteiger partial charge < -0.3 is 5.73 Å². The Morgan fingerprint density at radius 2 is 2.40 bits per heavy atom. The van der Waals surface area contributed by atoms with Crippen molar-refractivity contribution in [2.45, 2.75) is 26.2 Å². The van der Waals surface area contributed by atoms with Crippen molar-refractivity contribution in [2.75, 3.05) is 6.54 Å². The number of hydrogen-bond donors (Lipinski definition) is 1. The zero-order chi connectivity index (χ0) is 11.3. The number of carbonyl (C=O) groups is 1. The van der Waals surface area contributed by atoms with Crippen molar-refractivity contribution in [3.05, 3.63) is 12.2 Å². The lowest BCUT2D eigenvalue weighted by Gasteiger charge is -2.08. The quantitative estimate of drug-likeness (QED) is 0.733. The van der Waals surface area contributed by atoms with E-state index in [1.165, 1.54) is 6.33 Å². The van der Waals surface area contributed by atoms with Crippen molar-refractivity contribution in [1.82, 2.24) is 14.8 Å². The van der Waals surface area contributed by atoms with E-state index in [0.717, 1.165) is 18.7 Å². The molecular weight excluding hydrogens is 192 g/mol. The summed E-state index contributed by atoms with van der Waals surface area (Å²) in [6, 6.07) is 0. The van der Waals surface area contributed by atoms with Gasteiger partial charge in [-0.25, -0.2) is 4.98 Å². The van der Waals surface area contributed by atoms with E-state index in [9.17, 15) is 4.79 Å². The molecule has 1 atom stereocenters. The van der Waals surface area contributed by atoms with Gasteiger partial charge in [-0.05, 0) is 19.4 Å². The van der Waals surface area contributed by atoms with Crippen LogP contribution in [0.1, 0.15) is 25.6 Å². The number of aryl methyl sites for hydroxylation is 1. The summed E-state index contributed by atoms with van der Waals surface area (Å²) in [6.45, 7) is 2.58. The second-order valence-electron chi connectivity index (χ2n) is 3.77. The van der Waals surface area contributed by atoms with Gasteiger partial charge in [-0.3, -0.25) is 9.48 Å². The van der Waals surface area contributed by atoms with E-state index < -0.39 is 0 Å². The third-order valence-corrected chi connectivity index (χ3v) is 2.53. The molecule has 0 aliphatic heterocycles. The molecule has 5 heteroatoms. The fourth-order valence-corrected chi connectivity index (χ4v) is 1.40. The zero-order valence-corrected chi connectivity index (χ0v) is 9.31. The molecule has 15 heavy (non-hydrogen) atoms. The molecule has 1 aromatic heterocycles. The van der Waals surface area contributed by atoms with E-state index in [1.807, 2.05) is 6.92 Å². The van der Waals surface area contributed by atoms with Crippen LogP contribution in [-0.4, -0.2) is 27.1 Å². The molecule has 0 saturated heterocycles. The molecule has 1 aromatic rings. The Morgan fingerprint density at radius 3 is 2.93 bits per heavy atom. The van der Waals surface area contributed by atoms with Crippen molar-refractivity contribution < 1.29 is 4.79 Å². The van der Waals surface area contributed by atoms with Crippen LogP contribution in [-0.2, 0) is 18.3 Å². The average Bonchev–Trinajstić information content (AvgIpc) is 2.61. The van der Waals surface area contributed by atoms with Gasteiger partial charge in [0.05, 0.1) is 6.42 Å². The maximum Gasteiger partial charge on any atom is 0.143 e. The molecule has 5 nitrogen and oxygen atoms in total. The number of carbonyl (C=O) groups excluding carboxylic acids is 1. The molecule has 2 N–H and O–H groups in total. The Morgan fingerprint density at radius 1 is 1.67 bits per heavy atom. The first kappa shape index (κ1) is 11.8. The predicted octanol–water partition coefficient (Wildman–Crippen LogP) is 0.302. The maximum absolute atomic E-state index is 11.7. The molecule has 0 spiro atoms. The summed E-state index contributed by atoms with van der Waals surface area (Å²) in [5.74, 6) is 0.990. The number of Topliss-reactive ketones (excluding diaryl/α,β-unsaturated/α-hetero) is 1. The highest BCUT2D eigenvalue weighted by Gasteiger charge is 2.15. The molecule has 0 aliphatic carbocycles. The van der Waals surface area contributed by atoms with Crippen LogP contribution >= 0.6 is 0 Å². The van der Waals surface area contributed by atoms with Crippen molar-refractivity contribution in [3.63, 3.8) is 0 Å². The molecule has 0 aromatic carbocycles. The molecule has 0 amide bonds. The first-order valence-electron chi connectivity index (χ1n) is 5.20. The molecule has 0 radical (unpaired) electrons. The summed E-state index contributed by atoms with van der Waals surface area (Å²) < 4.78 is 1.63. The molecule has 1 unspecified atom stereocenters. The monoisotopic (exact) mass is 210 g/mol. The highest BCUT2D eigenvalue weighted by Crippen LogP contribution is 2.09. The summed E-state index contributed by atoms with van der Waals surface area (Å²) in [5, 5.41) is 3.92. The predicted molar refractivity (Wildman–Crippen MR) is 57.2 cm³/mol. The summed E-state index contributed by atoms with van der Waals surface area (Å²) in [4.78, 5) is 15.8. The lowest BCUT2D eigenvalue weighted by Crippen LogP contribution is -2.17. The van der Waals surface area contributed by atoms with E-state index in [4.69, 9.17) is 5.73 Å². The number of hydrogen-bond acceptors (Lipinski definition) is 4. The second kappa shape index (κ2) is 5.60. The standard InChI is InChI=1S/C10H18N4O/c1-8(4-3-5-11)9(15)6-10-12-7-13-14(10)2/h7-8H,3-6,11H2,1-2H3. The van der Waals surface area contributed by atoms with Crippen LogP contribution in [0.3, 0.4) is 0 Å². The van der Waals surface area contributed by atoms with Crippen LogP contribution in [0, 0.1) is 5.92 Å². The van der Waals surface area contributed by atoms with E-state index in [-0.39, 0.29) is 11.7 Å². The summed E-state index contributed by atoms with van der Waals surface area (Å²) >= 11 is 0. The maximum atomic E-state index is 11.7. The topological polar surface area (TPSA) is 73.8 Å². The normalized spacial score (nSPS) is 12.7. The van der Waals surface area contributed by atoms with Gasteiger partial charge in [-0.15, -0.1) is 0 Å².